The van der Waals surface area contributed by atoms with Crippen molar-refractivity contribution in [3.8, 4) is 0 Å². The van der Waals surface area contributed by atoms with E-state index < -0.39 is 25.2 Å². The summed E-state index contributed by atoms with van der Waals surface area (Å²) in [5.41, 5.74) is -1.30. The Morgan fingerprint density at radius 1 is 0.875 bits per heavy atom. The lowest BCUT2D eigenvalue weighted by Crippen LogP contribution is -2.29. The lowest BCUT2D eigenvalue weighted by molar-refractivity contribution is -0.149. The van der Waals surface area contributed by atoms with Crippen LogP contribution in [-0.2, 0) is 32.7 Å². The minimum atomic E-state index is -3.83. The predicted molar refractivity (Wildman–Crippen MR) is 91.0 cm³/mol. The third-order valence-electron chi connectivity index (χ3n) is 3.14. The van der Waals surface area contributed by atoms with E-state index in [4.69, 9.17) is 18.5 Å². The van der Waals surface area contributed by atoms with Crippen molar-refractivity contribution in [3.63, 3.8) is 0 Å². The van der Waals surface area contributed by atoms with Crippen molar-refractivity contribution >= 4 is 19.5 Å². The summed E-state index contributed by atoms with van der Waals surface area (Å²) in [6.45, 7) is 7.90. The maximum Gasteiger partial charge on any atom is 0.345 e. The first-order valence-corrected chi connectivity index (χ1v) is 10.3. The molecule has 7 nitrogen and oxygen atoms in total. The molecule has 0 aliphatic rings. The first-order chi connectivity index (χ1) is 11.4. The second kappa shape index (κ2) is 13.4. The smallest absolute Gasteiger partial charge is 0.345 e. The van der Waals surface area contributed by atoms with Crippen molar-refractivity contribution in [3.05, 3.63) is 0 Å². The Labute approximate surface area is 144 Å². The molecule has 0 radical (unpaired) electrons. The lowest BCUT2D eigenvalue weighted by Gasteiger charge is -2.25. The topological polar surface area (TPSA) is 88.1 Å². The Hall–Kier alpha value is -0.910. The summed E-state index contributed by atoms with van der Waals surface area (Å²) in [6.07, 6.45) is 2.65. The molecule has 0 rings (SSSR count). The van der Waals surface area contributed by atoms with Gasteiger partial charge in [-0.05, 0) is 26.7 Å². The molecule has 0 saturated carbocycles. The molecule has 24 heavy (non-hydrogen) atoms. The van der Waals surface area contributed by atoms with E-state index in [0.29, 0.717) is 12.8 Å². The van der Waals surface area contributed by atoms with E-state index >= 15 is 0 Å². The summed E-state index contributed by atoms with van der Waals surface area (Å²) in [7, 11) is -3.83. The van der Waals surface area contributed by atoms with Crippen LogP contribution in [0.25, 0.3) is 0 Å². The van der Waals surface area contributed by atoms with Crippen molar-refractivity contribution in [1.29, 1.82) is 0 Å². The van der Waals surface area contributed by atoms with E-state index in [-0.39, 0.29) is 32.8 Å². The van der Waals surface area contributed by atoms with E-state index in [1.807, 2.05) is 13.8 Å². The zero-order valence-corrected chi connectivity index (χ0v) is 16.1. The van der Waals surface area contributed by atoms with Crippen LogP contribution in [0.1, 0.15) is 59.8 Å². The predicted octanol–water partition coefficient (Wildman–Crippen LogP) is 3.70. The van der Waals surface area contributed by atoms with Crippen LogP contribution in [0.5, 0.6) is 0 Å². The molecule has 0 aromatic carbocycles. The number of carbonyl (C=O) groups is 2. The van der Waals surface area contributed by atoms with Crippen LogP contribution in [0.15, 0.2) is 0 Å². The van der Waals surface area contributed by atoms with Gasteiger partial charge in [0, 0.05) is 0 Å². The Kier molecular flexibility index (Phi) is 12.9. The van der Waals surface area contributed by atoms with Gasteiger partial charge in [-0.2, -0.15) is 0 Å². The number of esters is 2. The van der Waals surface area contributed by atoms with Gasteiger partial charge < -0.3 is 18.5 Å². The maximum atomic E-state index is 13.2. The van der Waals surface area contributed by atoms with Crippen molar-refractivity contribution in [1.82, 2.24) is 0 Å². The van der Waals surface area contributed by atoms with Gasteiger partial charge in [0.1, 0.15) is 0 Å². The first kappa shape index (κ1) is 23.1. The molecule has 0 unspecified atom stereocenters. The van der Waals surface area contributed by atoms with Crippen LogP contribution in [0, 0.1) is 0 Å². The van der Waals surface area contributed by atoms with Gasteiger partial charge in [-0.3, -0.25) is 14.2 Å². The quantitative estimate of drug-likeness (QED) is 0.263. The summed E-state index contributed by atoms with van der Waals surface area (Å²) in [4.78, 5) is 24.0. The number of unbranched alkanes of at least 4 members (excludes halogenated alkanes) is 2. The molecule has 0 fully saturated rings. The molecular weight excluding hydrogens is 335 g/mol. The summed E-state index contributed by atoms with van der Waals surface area (Å²) < 4.78 is 33.9. The standard InChI is InChI=1S/C16H31O7P/c1-5-9-11-22-24(19,23-12-10-6-2)14(16(18)21-8-4)13-15(17)20-7-3/h14H,5-13H2,1-4H3/t14-/m1/s1. The molecule has 0 heterocycles. The average molecular weight is 366 g/mol. The van der Waals surface area contributed by atoms with Gasteiger partial charge in [-0.15, -0.1) is 0 Å². The zero-order valence-electron chi connectivity index (χ0n) is 15.2. The van der Waals surface area contributed by atoms with Gasteiger partial charge in [0.05, 0.1) is 32.8 Å². The third-order valence-corrected chi connectivity index (χ3v) is 5.39. The van der Waals surface area contributed by atoms with Gasteiger partial charge in [0.2, 0.25) is 0 Å². The van der Waals surface area contributed by atoms with Crippen LogP contribution >= 0.6 is 7.60 Å². The molecule has 0 spiro atoms. The first-order valence-electron chi connectivity index (χ1n) is 8.66. The number of hydrogen-bond acceptors (Lipinski definition) is 7. The Bertz CT molecular complexity index is 397. The van der Waals surface area contributed by atoms with Crippen molar-refractivity contribution < 1.29 is 32.7 Å². The number of hydrogen-bond donors (Lipinski definition) is 0. The summed E-state index contributed by atoms with van der Waals surface area (Å²) >= 11 is 0. The zero-order chi connectivity index (χ0) is 18.4. The van der Waals surface area contributed by atoms with E-state index in [2.05, 4.69) is 0 Å². The fourth-order valence-electron chi connectivity index (χ4n) is 1.83. The van der Waals surface area contributed by atoms with E-state index in [1.54, 1.807) is 13.8 Å². The van der Waals surface area contributed by atoms with E-state index in [0.717, 1.165) is 12.8 Å². The summed E-state index contributed by atoms with van der Waals surface area (Å²) in [5.74, 6) is -1.39. The van der Waals surface area contributed by atoms with E-state index in [1.165, 1.54) is 0 Å². The minimum Gasteiger partial charge on any atom is -0.466 e. The van der Waals surface area contributed by atoms with Gasteiger partial charge >= 0.3 is 19.5 Å². The summed E-state index contributed by atoms with van der Waals surface area (Å²) in [6, 6.07) is 0. The molecule has 0 amide bonds. The monoisotopic (exact) mass is 366 g/mol. The van der Waals surface area contributed by atoms with E-state index in [9.17, 15) is 14.2 Å². The molecule has 1 atom stereocenters. The highest BCUT2D eigenvalue weighted by molar-refractivity contribution is 7.55. The van der Waals surface area contributed by atoms with Gasteiger partial charge in [0.15, 0.2) is 5.66 Å². The van der Waals surface area contributed by atoms with Gasteiger partial charge in [0.25, 0.3) is 0 Å². The lowest BCUT2D eigenvalue weighted by atomic mass is 10.3. The van der Waals surface area contributed by atoms with Crippen LogP contribution in [-0.4, -0.2) is 44.0 Å². The Morgan fingerprint density at radius 2 is 1.38 bits per heavy atom. The largest absolute Gasteiger partial charge is 0.466 e. The third kappa shape index (κ3) is 8.81. The average Bonchev–Trinajstić information content (AvgIpc) is 2.53. The minimum absolute atomic E-state index is 0.113. The molecule has 0 saturated heterocycles. The highest BCUT2D eigenvalue weighted by Crippen LogP contribution is 2.55. The van der Waals surface area contributed by atoms with Gasteiger partial charge in [-0.1, -0.05) is 26.7 Å². The molecule has 0 N–H and O–H groups in total. The van der Waals surface area contributed by atoms with Crippen molar-refractivity contribution in [2.24, 2.45) is 0 Å². The second-order valence-corrected chi connectivity index (χ2v) is 7.41. The highest BCUT2D eigenvalue weighted by atomic mass is 31.2. The van der Waals surface area contributed by atoms with Crippen molar-refractivity contribution in [2.45, 2.75) is 65.5 Å². The molecular formula is C16H31O7P. The Balaban J connectivity index is 5.28. The van der Waals surface area contributed by atoms with Crippen LogP contribution in [0.2, 0.25) is 0 Å². The highest BCUT2D eigenvalue weighted by Gasteiger charge is 2.44. The normalized spacial score (nSPS) is 12.7. The molecule has 0 aliphatic carbocycles. The Morgan fingerprint density at radius 3 is 1.79 bits per heavy atom. The van der Waals surface area contributed by atoms with Gasteiger partial charge in [-0.25, -0.2) is 0 Å². The number of carbonyl (C=O) groups excluding carboxylic acids is 2. The fourth-order valence-corrected chi connectivity index (χ4v) is 3.74. The van der Waals surface area contributed by atoms with Crippen molar-refractivity contribution in [2.75, 3.05) is 26.4 Å². The number of rotatable bonds is 14. The molecule has 0 bridgehead atoms. The van der Waals surface area contributed by atoms with Crippen LogP contribution < -0.4 is 0 Å². The summed E-state index contributed by atoms with van der Waals surface area (Å²) in [5, 5.41) is 0. The van der Waals surface area contributed by atoms with Crippen LogP contribution in [0.4, 0.5) is 0 Å². The second-order valence-electron chi connectivity index (χ2n) is 5.19. The molecule has 142 valence electrons. The maximum absolute atomic E-state index is 13.2. The SMILES string of the molecule is CCCCOP(=O)(OCCCC)[C@H](CC(=O)OCC)C(=O)OCC. The molecule has 0 aromatic rings. The van der Waals surface area contributed by atoms with Crippen LogP contribution in [0.3, 0.4) is 0 Å². The molecule has 0 aliphatic heterocycles. The molecule has 8 heteroatoms. The fraction of sp³-hybridized carbons (Fsp3) is 0.875. The molecule has 0 aromatic heterocycles. The number of ether oxygens (including phenoxy) is 2.